The molecule has 14 heavy (non-hydrogen) atoms. The minimum atomic E-state index is 0.627. The first kappa shape index (κ1) is 8.49. The number of rotatable bonds is 2. The van der Waals surface area contributed by atoms with Gasteiger partial charge in [0.15, 0.2) is 0 Å². The quantitative estimate of drug-likeness (QED) is 0.750. The fourth-order valence-electron chi connectivity index (χ4n) is 2.63. The van der Waals surface area contributed by atoms with Gasteiger partial charge in [-0.2, -0.15) is 0 Å². The maximum absolute atomic E-state index is 3.64. The normalized spacial score (nSPS) is 32.0. The van der Waals surface area contributed by atoms with Crippen molar-refractivity contribution in [3.05, 3.63) is 35.9 Å². The third kappa shape index (κ3) is 1.57. The summed E-state index contributed by atoms with van der Waals surface area (Å²) in [4.78, 5) is 0. The van der Waals surface area contributed by atoms with Crippen LogP contribution in [0, 0.1) is 11.8 Å². The highest BCUT2D eigenvalue weighted by Crippen LogP contribution is 2.43. The fraction of sp³-hybridized carbons (Fsp3) is 0.538. The molecule has 1 heteroatoms. The third-order valence-electron chi connectivity index (χ3n) is 3.66. The van der Waals surface area contributed by atoms with Crippen molar-refractivity contribution < 1.29 is 0 Å². The summed E-state index contributed by atoms with van der Waals surface area (Å²) in [6.45, 7) is 1.24. The highest BCUT2D eigenvalue weighted by atomic mass is 15.0. The first-order valence-corrected chi connectivity index (χ1v) is 5.72. The van der Waals surface area contributed by atoms with Gasteiger partial charge in [0.25, 0.3) is 0 Å². The predicted octanol–water partition coefficient (Wildman–Crippen LogP) is 2.75. The van der Waals surface area contributed by atoms with Gasteiger partial charge in [-0.1, -0.05) is 30.3 Å². The Morgan fingerprint density at radius 3 is 2.50 bits per heavy atom. The molecule has 1 aliphatic heterocycles. The molecule has 1 aromatic rings. The van der Waals surface area contributed by atoms with Gasteiger partial charge in [-0.25, -0.2) is 0 Å². The van der Waals surface area contributed by atoms with Crippen LogP contribution in [-0.2, 0) is 0 Å². The lowest BCUT2D eigenvalue weighted by molar-refractivity contribution is 0.497. The lowest BCUT2D eigenvalue weighted by Gasteiger charge is -2.10. The second-order valence-corrected chi connectivity index (χ2v) is 4.70. The van der Waals surface area contributed by atoms with Gasteiger partial charge in [0.2, 0.25) is 0 Å². The van der Waals surface area contributed by atoms with Crippen LogP contribution in [-0.4, -0.2) is 6.54 Å². The summed E-state index contributed by atoms with van der Waals surface area (Å²) in [5, 5.41) is 3.64. The lowest BCUT2D eigenvalue weighted by atomic mass is 9.97. The molecule has 0 bridgehead atoms. The zero-order valence-electron chi connectivity index (χ0n) is 8.45. The molecule has 3 rings (SSSR count). The minimum absolute atomic E-state index is 0.627. The summed E-state index contributed by atoms with van der Waals surface area (Å²) >= 11 is 0. The van der Waals surface area contributed by atoms with E-state index in [-0.39, 0.29) is 0 Å². The fourth-order valence-corrected chi connectivity index (χ4v) is 2.63. The van der Waals surface area contributed by atoms with E-state index in [4.69, 9.17) is 0 Å². The molecule has 1 aliphatic carbocycles. The van der Waals surface area contributed by atoms with Crippen molar-refractivity contribution in [2.75, 3.05) is 6.54 Å². The number of hydrogen-bond donors (Lipinski definition) is 1. The third-order valence-corrected chi connectivity index (χ3v) is 3.66. The van der Waals surface area contributed by atoms with Crippen LogP contribution < -0.4 is 5.32 Å². The van der Waals surface area contributed by atoms with E-state index >= 15 is 0 Å². The Balaban J connectivity index is 1.70. The summed E-state index contributed by atoms with van der Waals surface area (Å²) < 4.78 is 0. The van der Waals surface area contributed by atoms with Gasteiger partial charge in [0.05, 0.1) is 0 Å². The SMILES string of the molecule is c1ccc(C2CC(C3CC3)CN2)cc1. The second-order valence-electron chi connectivity index (χ2n) is 4.70. The molecule has 1 aromatic carbocycles. The van der Waals surface area contributed by atoms with Crippen molar-refractivity contribution in [2.24, 2.45) is 11.8 Å². The number of hydrogen-bond acceptors (Lipinski definition) is 1. The van der Waals surface area contributed by atoms with E-state index in [1.807, 2.05) is 0 Å². The number of benzene rings is 1. The van der Waals surface area contributed by atoms with Crippen LogP contribution >= 0.6 is 0 Å². The van der Waals surface area contributed by atoms with Crippen LogP contribution in [0.5, 0.6) is 0 Å². The van der Waals surface area contributed by atoms with Gasteiger partial charge in [-0.15, -0.1) is 0 Å². The van der Waals surface area contributed by atoms with Crippen LogP contribution in [0.1, 0.15) is 30.9 Å². The van der Waals surface area contributed by atoms with Crippen molar-refractivity contribution in [1.29, 1.82) is 0 Å². The zero-order valence-corrected chi connectivity index (χ0v) is 8.45. The largest absolute Gasteiger partial charge is 0.310 e. The molecule has 1 saturated heterocycles. The van der Waals surface area contributed by atoms with E-state index in [0.29, 0.717) is 6.04 Å². The molecule has 2 atom stereocenters. The summed E-state index contributed by atoms with van der Waals surface area (Å²) in [5.41, 5.74) is 1.47. The summed E-state index contributed by atoms with van der Waals surface area (Å²) in [5.74, 6) is 2.01. The summed E-state index contributed by atoms with van der Waals surface area (Å²) in [7, 11) is 0. The van der Waals surface area contributed by atoms with Crippen LogP contribution in [0.3, 0.4) is 0 Å². The highest BCUT2D eigenvalue weighted by molar-refractivity contribution is 5.20. The monoisotopic (exact) mass is 187 g/mol. The lowest BCUT2D eigenvalue weighted by Crippen LogP contribution is -2.13. The van der Waals surface area contributed by atoms with Gasteiger partial charge in [0, 0.05) is 6.04 Å². The second kappa shape index (κ2) is 3.39. The van der Waals surface area contributed by atoms with E-state index in [9.17, 15) is 0 Å². The zero-order chi connectivity index (χ0) is 9.38. The van der Waals surface area contributed by atoms with Crippen molar-refractivity contribution in [2.45, 2.75) is 25.3 Å². The number of nitrogens with one attached hydrogen (secondary N) is 1. The Morgan fingerprint density at radius 1 is 1.00 bits per heavy atom. The average Bonchev–Trinajstić information content (AvgIpc) is 2.98. The standard InChI is InChI=1S/C13H17N/c1-2-4-11(5-3-1)13-8-12(9-14-13)10-6-7-10/h1-5,10,12-14H,6-9H2. The molecule has 1 nitrogen and oxygen atoms in total. The predicted molar refractivity (Wildman–Crippen MR) is 58.0 cm³/mol. The summed E-state index contributed by atoms with van der Waals surface area (Å²) in [6.07, 6.45) is 4.32. The molecule has 0 radical (unpaired) electrons. The summed E-state index contributed by atoms with van der Waals surface area (Å²) in [6, 6.07) is 11.5. The van der Waals surface area contributed by atoms with Gasteiger partial charge in [-0.3, -0.25) is 0 Å². The van der Waals surface area contributed by atoms with Crippen molar-refractivity contribution in [1.82, 2.24) is 5.32 Å². The molecular weight excluding hydrogens is 170 g/mol. The Bertz CT molecular complexity index is 302. The molecule has 2 fully saturated rings. The Morgan fingerprint density at radius 2 is 1.79 bits per heavy atom. The maximum atomic E-state index is 3.64. The molecule has 1 N–H and O–H groups in total. The average molecular weight is 187 g/mol. The van der Waals surface area contributed by atoms with E-state index in [0.717, 1.165) is 11.8 Å². The van der Waals surface area contributed by atoms with Crippen LogP contribution in [0.2, 0.25) is 0 Å². The smallest absolute Gasteiger partial charge is 0.0323 e. The Labute approximate surface area is 85.5 Å². The molecule has 1 saturated carbocycles. The minimum Gasteiger partial charge on any atom is -0.310 e. The van der Waals surface area contributed by atoms with Crippen LogP contribution in [0.15, 0.2) is 30.3 Å². The maximum Gasteiger partial charge on any atom is 0.0323 e. The van der Waals surface area contributed by atoms with Crippen molar-refractivity contribution in [3.63, 3.8) is 0 Å². The van der Waals surface area contributed by atoms with Gasteiger partial charge in [-0.05, 0) is 43.2 Å². The van der Waals surface area contributed by atoms with Gasteiger partial charge < -0.3 is 5.32 Å². The highest BCUT2D eigenvalue weighted by Gasteiger charge is 2.36. The molecule has 0 amide bonds. The van der Waals surface area contributed by atoms with Gasteiger partial charge >= 0.3 is 0 Å². The molecule has 74 valence electrons. The van der Waals surface area contributed by atoms with E-state index < -0.39 is 0 Å². The molecule has 2 aliphatic rings. The van der Waals surface area contributed by atoms with Crippen LogP contribution in [0.4, 0.5) is 0 Å². The molecule has 1 heterocycles. The molecular formula is C13H17N. The van der Waals surface area contributed by atoms with Gasteiger partial charge in [0.1, 0.15) is 0 Å². The Hall–Kier alpha value is -0.820. The molecule has 2 unspecified atom stereocenters. The molecule has 0 spiro atoms. The van der Waals surface area contributed by atoms with Crippen molar-refractivity contribution >= 4 is 0 Å². The van der Waals surface area contributed by atoms with E-state index in [1.54, 1.807) is 0 Å². The first-order valence-electron chi connectivity index (χ1n) is 5.72. The van der Waals surface area contributed by atoms with E-state index in [1.165, 1.54) is 31.4 Å². The topological polar surface area (TPSA) is 12.0 Å². The first-order chi connectivity index (χ1) is 6.93. The van der Waals surface area contributed by atoms with Crippen LogP contribution in [0.25, 0.3) is 0 Å². The van der Waals surface area contributed by atoms with Crippen molar-refractivity contribution in [3.8, 4) is 0 Å². The Kier molecular flexibility index (Phi) is 2.06. The van der Waals surface area contributed by atoms with E-state index in [2.05, 4.69) is 35.6 Å². The molecule has 0 aromatic heterocycles.